The molecule has 1 unspecified atom stereocenters. The first-order valence-corrected chi connectivity index (χ1v) is 7.04. The van der Waals surface area contributed by atoms with Gasteiger partial charge in [-0.05, 0) is 44.1 Å². The molecule has 88 valence electrons. The van der Waals surface area contributed by atoms with Crippen LogP contribution in [-0.4, -0.2) is 34.5 Å². The van der Waals surface area contributed by atoms with Crippen LogP contribution in [0.5, 0.6) is 0 Å². The summed E-state index contributed by atoms with van der Waals surface area (Å²) in [6, 6.07) is 7.37. The zero-order chi connectivity index (χ0) is 11.4. The van der Waals surface area contributed by atoms with E-state index in [2.05, 4.69) is 4.90 Å². The summed E-state index contributed by atoms with van der Waals surface area (Å²) in [5.41, 5.74) is 6.36. The number of likely N-dealkylation sites (tertiary alicyclic amines) is 1. The van der Waals surface area contributed by atoms with E-state index >= 15 is 0 Å². The molecule has 1 fully saturated rings. The van der Waals surface area contributed by atoms with Crippen LogP contribution in [0, 0.1) is 0 Å². The number of anilines is 1. The van der Waals surface area contributed by atoms with E-state index in [4.69, 9.17) is 5.73 Å². The van der Waals surface area contributed by atoms with Crippen molar-refractivity contribution in [3.05, 3.63) is 24.3 Å². The van der Waals surface area contributed by atoms with Crippen LogP contribution in [0.3, 0.4) is 0 Å². The van der Waals surface area contributed by atoms with Crippen LogP contribution in [0.4, 0.5) is 5.69 Å². The van der Waals surface area contributed by atoms with Crippen molar-refractivity contribution >= 4 is 16.5 Å². The second-order valence-electron chi connectivity index (χ2n) is 4.17. The van der Waals surface area contributed by atoms with Gasteiger partial charge in [0.25, 0.3) is 0 Å². The molecule has 0 saturated carbocycles. The lowest BCUT2D eigenvalue weighted by atomic mass is 10.3. The molecule has 2 N–H and O–H groups in total. The normalized spacial score (nSPS) is 18.8. The van der Waals surface area contributed by atoms with Crippen LogP contribution in [0.1, 0.15) is 12.8 Å². The molecule has 0 amide bonds. The minimum absolute atomic E-state index is 0.687. The van der Waals surface area contributed by atoms with E-state index in [1.807, 2.05) is 18.2 Å². The van der Waals surface area contributed by atoms with Crippen molar-refractivity contribution in [2.45, 2.75) is 17.7 Å². The Hall–Kier alpha value is -0.870. The summed E-state index contributed by atoms with van der Waals surface area (Å²) in [4.78, 5) is 3.23. The van der Waals surface area contributed by atoms with Gasteiger partial charge in [-0.25, -0.2) is 0 Å². The molecule has 1 saturated heterocycles. The fourth-order valence-electron chi connectivity index (χ4n) is 1.99. The van der Waals surface area contributed by atoms with E-state index < -0.39 is 10.8 Å². The minimum Gasteiger partial charge on any atom is -0.399 e. The number of nitrogens with two attached hydrogens (primary N) is 1. The van der Waals surface area contributed by atoms with Gasteiger partial charge in [0, 0.05) is 22.9 Å². The Balaban J connectivity index is 1.87. The third kappa shape index (κ3) is 3.06. The van der Waals surface area contributed by atoms with Crippen molar-refractivity contribution in [1.29, 1.82) is 0 Å². The maximum Gasteiger partial charge on any atom is 0.0543 e. The summed E-state index contributed by atoms with van der Waals surface area (Å²) in [5, 5.41) is 0. The number of nitrogens with zero attached hydrogens (tertiary/aromatic N) is 1. The van der Waals surface area contributed by atoms with E-state index in [0.29, 0.717) is 11.4 Å². The molecule has 0 bridgehead atoms. The zero-order valence-electron chi connectivity index (χ0n) is 9.39. The van der Waals surface area contributed by atoms with Crippen LogP contribution in [-0.2, 0) is 10.8 Å². The molecule has 0 aliphatic carbocycles. The van der Waals surface area contributed by atoms with E-state index in [0.717, 1.165) is 24.5 Å². The summed E-state index contributed by atoms with van der Waals surface area (Å²) >= 11 is 0. The number of nitrogen functional groups attached to an aromatic ring is 1. The monoisotopic (exact) mass is 238 g/mol. The number of hydrogen-bond donors (Lipinski definition) is 1. The molecule has 16 heavy (non-hydrogen) atoms. The van der Waals surface area contributed by atoms with E-state index in [9.17, 15) is 4.21 Å². The average molecular weight is 238 g/mol. The molecule has 4 heteroatoms. The maximum absolute atomic E-state index is 12.0. The first kappa shape index (κ1) is 11.6. The van der Waals surface area contributed by atoms with Crippen molar-refractivity contribution in [3.63, 3.8) is 0 Å². The molecule has 1 heterocycles. The van der Waals surface area contributed by atoms with E-state index in [-0.39, 0.29) is 0 Å². The Kier molecular flexibility index (Phi) is 3.96. The van der Waals surface area contributed by atoms with Gasteiger partial charge in [0.05, 0.1) is 10.8 Å². The lowest BCUT2D eigenvalue weighted by Gasteiger charge is -2.13. The third-order valence-corrected chi connectivity index (χ3v) is 4.25. The molecule has 1 aromatic carbocycles. The number of rotatable bonds is 4. The fourth-order valence-corrected chi connectivity index (χ4v) is 3.15. The highest BCUT2D eigenvalue weighted by Gasteiger charge is 2.12. The van der Waals surface area contributed by atoms with Gasteiger partial charge in [-0.15, -0.1) is 0 Å². The highest BCUT2D eigenvalue weighted by atomic mass is 32.2. The van der Waals surface area contributed by atoms with Gasteiger partial charge in [0.1, 0.15) is 0 Å². The van der Waals surface area contributed by atoms with Crippen molar-refractivity contribution in [1.82, 2.24) is 4.90 Å². The molecule has 0 radical (unpaired) electrons. The van der Waals surface area contributed by atoms with Gasteiger partial charge in [-0.3, -0.25) is 4.21 Å². The standard InChI is InChI=1S/C12H18N2OS/c13-11-4-3-5-12(10-11)16(15)9-8-14-6-1-2-7-14/h3-5,10H,1-2,6-9,13H2. The molecular weight excluding hydrogens is 220 g/mol. The van der Waals surface area contributed by atoms with Crippen molar-refractivity contribution < 1.29 is 4.21 Å². The van der Waals surface area contributed by atoms with Crippen molar-refractivity contribution in [2.24, 2.45) is 0 Å². The van der Waals surface area contributed by atoms with E-state index in [1.165, 1.54) is 12.8 Å². The Bertz CT molecular complexity index is 375. The quantitative estimate of drug-likeness (QED) is 0.808. The Morgan fingerprint density at radius 3 is 2.75 bits per heavy atom. The second-order valence-corrected chi connectivity index (χ2v) is 5.74. The second kappa shape index (κ2) is 5.46. The molecule has 0 aromatic heterocycles. The highest BCUT2D eigenvalue weighted by Crippen LogP contribution is 2.12. The summed E-state index contributed by atoms with van der Waals surface area (Å²) in [5.74, 6) is 0.712. The van der Waals surface area contributed by atoms with Crippen LogP contribution in [0.15, 0.2) is 29.2 Å². The number of hydrogen-bond acceptors (Lipinski definition) is 3. The molecule has 1 aliphatic rings. The zero-order valence-corrected chi connectivity index (χ0v) is 10.2. The SMILES string of the molecule is Nc1cccc(S(=O)CCN2CCCC2)c1. The van der Waals surface area contributed by atoms with Crippen LogP contribution < -0.4 is 5.73 Å². The predicted octanol–water partition coefficient (Wildman–Crippen LogP) is 1.47. The van der Waals surface area contributed by atoms with E-state index in [1.54, 1.807) is 6.07 Å². The van der Waals surface area contributed by atoms with Crippen molar-refractivity contribution in [2.75, 3.05) is 31.1 Å². The average Bonchev–Trinajstić information content (AvgIpc) is 2.78. The Morgan fingerprint density at radius 1 is 1.31 bits per heavy atom. The lowest BCUT2D eigenvalue weighted by molar-refractivity contribution is 0.361. The van der Waals surface area contributed by atoms with Gasteiger partial charge < -0.3 is 10.6 Å². The first-order chi connectivity index (χ1) is 7.75. The summed E-state index contributed by atoms with van der Waals surface area (Å²) in [6.45, 7) is 3.25. The minimum atomic E-state index is -0.911. The molecular formula is C12H18N2OS. The summed E-state index contributed by atoms with van der Waals surface area (Å²) in [6.07, 6.45) is 2.57. The van der Waals surface area contributed by atoms with Gasteiger partial charge in [0.15, 0.2) is 0 Å². The lowest BCUT2D eigenvalue weighted by Crippen LogP contribution is -2.24. The molecule has 0 spiro atoms. The van der Waals surface area contributed by atoms with Gasteiger partial charge in [-0.1, -0.05) is 6.07 Å². The van der Waals surface area contributed by atoms with Crippen LogP contribution in [0.25, 0.3) is 0 Å². The largest absolute Gasteiger partial charge is 0.399 e. The molecule has 3 nitrogen and oxygen atoms in total. The topological polar surface area (TPSA) is 46.3 Å². The molecule has 1 aliphatic heterocycles. The predicted molar refractivity (Wildman–Crippen MR) is 67.8 cm³/mol. The Morgan fingerprint density at radius 2 is 2.06 bits per heavy atom. The molecule has 1 atom stereocenters. The maximum atomic E-state index is 12.0. The third-order valence-electron chi connectivity index (χ3n) is 2.91. The first-order valence-electron chi connectivity index (χ1n) is 5.72. The molecule has 1 aromatic rings. The van der Waals surface area contributed by atoms with Crippen molar-refractivity contribution in [3.8, 4) is 0 Å². The Labute approximate surface area is 99.1 Å². The number of benzene rings is 1. The summed E-state index contributed by atoms with van der Waals surface area (Å²) in [7, 11) is -0.911. The van der Waals surface area contributed by atoms with Crippen LogP contribution >= 0.6 is 0 Å². The smallest absolute Gasteiger partial charge is 0.0543 e. The van der Waals surface area contributed by atoms with Gasteiger partial charge >= 0.3 is 0 Å². The van der Waals surface area contributed by atoms with Crippen LogP contribution in [0.2, 0.25) is 0 Å². The van der Waals surface area contributed by atoms with Gasteiger partial charge in [0.2, 0.25) is 0 Å². The van der Waals surface area contributed by atoms with Gasteiger partial charge in [-0.2, -0.15) is 0 Å². The molecule has 2 rings (SSSR count). The fraction of sp³-hybridized carbons (Fsp3) is 0.500. The highest BCUT2D eigenvalue weighted by molar-refractivity contribution is 7.85. The summed E-state index contributed by atoms with van der Waals surface area (Å²) < 4.78 is 12.0.